The van der Waals surface area contributed by atoms with Crippen LogP contribution in [0.5, 0.6) is 5.75 Å². The lowest BCUT2D eigenvalue weighted by molar-refractivity contribution is -0.146. The summed E-state index contributed by atoms with van der Waals surface area (Å²) < 4.78 is 45.3. The Morgan fingerprint density at radius 3 is 2.52 bits per heavy atom. The Kier molecular flexibility index (Phi) is 10.2. The van der Waals surface area contributed by atoms with Crippen molar-refractivity contribution in [2.24, 2.45) is 0 Å². The number of rotatable bonds is 14. The molecule has 0 bridgehead atoms. The quantitative estimate of drug-likeness (QED) is 0.147. The standard InChI is InChI=1S/C32H38F2N6O5S/c1-43-32(42)27(18-38-10-7-11-38)40-31(41)23-9-6-5-8-22(23)24(37-40)16-30-36-25-15-28(45-19-29(33)34)21(17-35)14-26(25)39(30)20-44-12-13-46(2,3)4/h5-6,8-9,14-15,27,29H,7,10-13,16,18-20H2,1-4H3. The molecule has 0 N–H and O–H groups in total. The van der Waals surface area contributed by atoms with Gasteiger partial charge < -0.3 is 23.7 Å². The van der Waals surface area contributed by atoms with E-state index in [-0.39, 0.29) is 31.0 Å². The lowest BCUT2D eigenvalue weighted by Gasteiger charge is -2.33. The number of nitriles is 1. The highest BCUT2D eigenvalue weighted by Gasteiger charge is 2.30. The van der Waals surface area contributed by atoms with Crippen molar-refractivity contribution in [1.29, 1.82) is 5.26 Å². The van der Waals surface area contributed by atoms with Crippen LogP contribution in [0.3, 0.4) is 0 Å². The zero-order valence-electron chi connectivity index (χ0n) is 26.4. The van der Waals surface area contributed by atoms with Gasteiger partial charge in [-0.15, -0.1) is 0 Å². The Labute approximate surface area is 267 Å². The van der Waals surface area contributed by atoms with Crippen LogP contribution in [-0.2, 0) is 27.4 Å². The second-order valence-corrected chi connectivity index (χ2v) is 16.6. The first-order chi connectivity index (χ1) is 22.0. The summed E-state index contributed by atoms with van der Waals surface area (Å²) in [5, 5.41) is 15.5. The molecular formula is C32H38F2N6O5S. The molecule has 3 heterocycles. The number of carbonyl (C=O) groups is 1. The van der Waals surface area contributed by atoms with Crippen molar-refractivity contribution in [3.05, 3.63) is 63.8 Å². The molecule has 0 saturated carbocycles. The number of benzene rings is 2. The van der Waals surface area contributed by atoms with Crippen LogP contribution in [0, 0.1) is 11.3 Å². The molecular weight excluding hydrogens is 618 g/mol. The number of aromatic nitrogens is 4. The van der Waals surface area contributed by atoms with Gasteiger partial charge in [-0.05, 0) is 50.4 Å². The van der Waals surface area contributed by atoms with E-state index in [4.69, 9.17) is 24.3 Å². The molecule has 0 radical (unpaired) electrons. The minimum atomic E-state index is -2.71. The first-order valence-corrected chi connectivity index (χ1v) is 17.9. The zero-order chi connectivity index (χ0) is 33.0. The van der Waals surface area contributed by atoms with Gasteiger partial charge in [0.15, 0.2) is 6.04 Å². The summed E-state index contributed by atoms with van der Waals surface area (Å²) in [5.41, 5.74) is 1.16. The van der Waals surface area contributed by atoms with Crippen molar-refractivity contribution in [2.75, 3.05) is 64.5 Å². The fourth-order valence-electron chi connectivity index (χ4n) is 5.27. The normalized spacial score (nSPS) is 14.7. The molecule has 1 saturated heterocycles. The first-order valence-electron chi connectivity index (χ1n) is 14.9. The summed E-state index contributed by atoms with van der Waals surface area (Å²) in [4.78, 5) is 33.5. The number of halogens is 2. The molecule has 5 rings (SSSR count). The van der Waals surface area contributed by atoms with Crippen LogP contribution >= 0.6 is 10.0 Å². The van der Waals surface area contributed by atoms with Crippen molar-refractivity contribution in [2.45, 2.75) is 32.0 Å². The van der Waals surface area contributed by atoms with Gasteiger partial charge in [-0.1, -0.05) is 18.2 Å². The Balaban J connectivity index is 1.61. The molecule has 1 aliphatic heterocycles. The number of hydrogen-bond acceptors (Lipinski definition) is 9. The highest BCUT2D eigenvalue weighted by molar-refractivity contribution is 8.32. The van der Waals surface area contributed by atoms with Gasteiger partial charge in [0, 0.05) is 23.8 Å². The number of esters is 1. The van der Waals surface area contributed by atoms with Crippen LogP contribution < -0.4 is 10.3 Å². The van der Waals surface area contributed by atoms with Gasteiger partial charge in [-0.3, -0.25) is 4.79 Å². The number of alkyl halides is 2. The van der Waals surface area contributed by atoms with E-state index in [1.165, 1.54) is 17.9 Å². The van der Waals surface area contributed by atoms with Crippen LogP contribution in [0.2, 0.25) is 0 Å². The average Bonchev–Trinajstić information content (AvgIpc) is 3.33. The SMILES string of the molecule is COC(=O)C(CN1CCC1)n1nc(Cc2nc3cc(OCC(F)F)c(C#N)cc3n2COCCS(C)(C)C)c2ccccc2c1=O. The average molecular weight is 657 g/mol. The van der Waals surface area contributed by atoms with Crippen LogP contribution in [0.1, 0.15) is 29.5 Å². The van der Waals surface area contributed by atoms with Crippen LogP contribution in [0.25, 0.3) is 21.8 Å². The third kappa shape index (κ3) is 7.49. The van der Waals surface area contributed by atoms with Gasteiger partial charge in [0.2, 0.25) is 0 Å². The van der Waals surface area contributed by atoms with Gasteiger partial charge >= 0.3 is 5.97 Å². The van der Waals surface area contributed by atoms with E-state index in [0.717, 1.165) is 25.3 Å². The molecule has 1 unspecified atom stereocenters. The summed E-state index contributed by atoms with van der Waals surface area (Å²) in [6.45, 7) is 1.68. The first kappa shape index (κ1) is 33.3. The lowest BCUT2D eigenvalue weighted by atomic mass is 10.1. The zero-order valence-corrected chi connectivity index (χ0v) is 27.2. The van der Waals surface area contributed by atoms with Crippen molar-refractivity contribution in [1.82, 2.24) is 24.2 Å². The maximum absolute atomic E-state index is 13.7. The maximum Gasteiger partial charge on any atom is 0.332 e. The third-order valence-corrected chi connectivity index (χ3v) is 9.24. The van der Waals surface area contributed by atoms with E-state index in [9.17, 15) is 23.6 Å². The molecule has 246 valence electrons. The Bertz CT molecular complexity index is 1830. The Morgan fingerprint density at radius 2 is 1.89 bits per heavy atom. The summed E-state index contributed by atoms with van der Waals surface area (Å²) in [6.07, 6.45) is 5.03. The number of likely N-dealkylation sites (tertiary alicyclic amines) is 1. The molecule has 1 fully saturated rings. The number of ether oxygens (including phenoxy) is 3. The molecule has 2 aromatic heterocycles. The highest BCUT2D eigenvalue weighted by atomic mass is 32.3. The lowest BCUT2D eigenvalue weighted by Crippen LogP contribution is -2.46. The van der Waals surface area contributed by atoms with E-state index in [2.05, 4.69) is 23.7 Å². The van der Waals surface area contributed by atoms with Crippen LogP contribution in [0.15, 0.2) is 41.2 Å². The Hall–Kier alpha value is -4.06. The van der Waals surface area contributed by atoms with Gasteiger partial charge in [-0.25, -0.2) is 33.3 Å². The number of hydrogen-bond donors (Lipinski definition) is 0. The Morgan fingerprint density at radius 1 is 1.15 bits per heavy atom. The summed E-state index contributed by atoms with van der Waals surface area (Å²) >= 11 is 0. The van der Waals surface area contributed by atoms with Crippen molar-refractivity contribution < 1.29 is 27.8 Å². The fraction of sp³-hybridized carbons (Fsp3) is 0.469. The topological polar surface area (TPSA) is 125 Å². The van der Waals surface area contributed by atoms with Crippen molar-refractivity contribution >= 4 is 37.8 Å². The fourth-order valence-corrected chi connectivity index (χ4v) is 5.89. The molecule has 0 spiro atoms. The van der Waals surface area contributed by atoms with Gasteiger partial charge in [-0.2, -0.15) is 10.4 Å². The second kappa shape index (κ2) is 14.1. The summed E-state index contributed by atoms with van der Waals surface area (Å²) in [5.74, 6) is 0.832. The number of nitrogens with zero attached hydrogens (tertiary/aromatic N) is 6. The molecule has 46 heavy (non-hydrogen) atoms. The van der Waals surface area contributed by atoms with E-state index in [0.29, 0.717) is 39.9 Å². The van der Waals surface area contributed by atoms with E-state index >= 15 is 0 Å². The third-order valence-electron chi connectivity index (χ3n) is 7.85. The molecule has 4 aromatic rings. The number of carbonyl (C=O) groups excluding carboxylic acids is 1. The molecule has 14 heteroatoms. The largest absolute Gasteiger partial charge is 0.486 e. The minimum absolute atomic E-state index is 0.00721. The van der Waals surface area contributed by atoms with Crippen molar-refractivity contribution in [3.8, 4) is 11.8 Å². The maximum atomic E-state index is 13.7. The molecule has 0 amide bonds. The smallest absolute Gasteiger partial charge is 0.332 e. The highest BCUT2D eigenvalue weighted by Crippen LogP contribution is 2.34. The number of fused-ring (bicyclic) bond motifs is 2. The van der Waals surface area contributed by atoms with Crippen molar-refractivity contribution in [3.63, 3.8) is 0 Å². The van der Waals surface area contributed by atoms with Gasteiger partial charge in [0.05, 0.1) is 47.8 Å². The summed E-state index contributed by atoms with van der Waals surface area (Å²) in [7, 11) is 0.481. The van der Waals surface area contributed by atoms with Gasteiger partial charge in [0.25, 0.3) is 12.0 Å². The predicted molar refractivity (Wildman–Crippen MR) is 173 cm³/mol. The molecule has 1 aliphatic rings. The molecule has 0 aliphatic carbocycles. The second-order valence-electron chi connectivity index (χ2n) is 12.1. The molecule has 11 nitrogen and oxygen atoms in total. The summed E-state index contributed by atoms with van der Waals surface area (Å²) in [6, 6.07) is 11.2. The van der Waals surface area contributed by atoms with E-state index in [1.807, 2.05) is 16.7 Å². The molecule has 1 atom stereocenters. The predicted octanol–water partition coefficient (Wildman–Crippen LogP) is 3.94. The van der Waals surface area contributed by atoms with Gasteiger partial charge in [0.1, 0.15) is 31.0 Å². The van der Waals surface area contributed by atoms with Crippen LogP contribution in [-0.4, -0.2) is 101 Å². The van der Waals surface area contributed by atoms with E-state index in [1.54, 1.807) is 24.3 Å². The monoisotopic (exact) mass is 656 g/mol. The number of methoxy groups -OCH3 is 1. The van der Waals surface area contributed by atoms with Crippen LogP contribution in [0.4, 0.5) is 8.78 Å². The molecule has 2 aromatic carbocycles. The minimum Gasteiger partial charge on any atom is -0.486 e. The number of imidazole rings is 1. The van der Waals surface area contributed by atoms with E-state index < -0.39 is 40.6 Å².